The van der Waals surface area contributed by atoms with Gasteiger partial charge in [-0.15, -0.1) is 0 Å². The Bertz CT molecular complexity index is 2110. The molecule has 242 valence electrons. The molecule has 3 aromatic carbocycles. The third-order valence-electron chi connectivity index (χ3n) is 6.55. The summed E-state index contributed by atoms with van der Waals surface area (Å²) in [5, 5.41) is 16.4. The number of aryl methyl sites for hydroxylation is 2. The van der Waals surface area contributed by atoms with Crippen LogP contribution in [0.3, 0.4) is 0 Å². The molecule has 5 rings (SSSR count). The van der Waals surface area contributed by atoms with Crippen molar-refractivity contribution in [3.05, 3.63) is 102 Å². The van der Waals surface area contributed by atoms with Gasteiger partial charge >= 0.3 is 6.18 Å². The highest BCUT2D eigenvalue weighted by molar-refractivity contribution is 7.89. The maximum atomic E-state index is 13.4. The molecular formula is C30H28F3N5O6S2. The molecule has 0 aliphatic rings. The summed E-state index contributed by atoms with van der Waals surface area (Å²) in [4.78, 5) is 10.7. The van der Waals surface area contributed by atoms with Crippen molar-refractivity contribution in [1.29, 1.82) is 0 Å². The second-order valence-electron chi connectivity index (χ2n) is 10.1. The predicted molar refractivity (Wildman–Crippen MR) is 165 cm³/mol. The molecule has 5 N–H and O–H groups in total. The van der Waals surface area contributed by atoms with Gasteiger partial charge in [-0.3, -0.25) is 4.79 Å². The highest BCUT2D eigenvalue weighted by atomic mass is 32.2. The van der Waals surface area contributed by atoms with Crippen LogP contribution in [0.2, 0.25) is 0 Å². The second-order valence-corrected chi connectivity index (χ2v) is 13.2. The zero-order valence-corrected chi connectivity index (χ0v) is 26.2. The lowest BCUT2D eigenvalue weighted by Gasteiger charge is -2.12. The van der Waals surface area contributed by atoms with Crippen LogP contribution in [0.15, 0.2) is 99.3 Å². The second kappa shape index (κ2) is 12.9. The van der Waals surface area contributed by atoms with Gasteiger partial charge in [0.1, 0.15) is 5.76 Å². The Kier molecular flexibility index (Phi) is 9.58. The number of amides is 1. The minimum atomic E-state index is -4.65. The van der Waals surface area contributed by atoms with Crippen LogP contribution in [0.4, 0.5) is 18.9 Å². The summed E-state index contributed by atoms with van der Waals surface area (Å²) in [6.07, 6.45) is -3.12. The van der Waals surface area contributed by atoms with Crippen molar-refractivity contribution in [3.8, 4) is 28.3 Å². The van der Waals surface area contributed by atoms with Gasteiger partial charge in [-0.25, -0.2) is 31.8 Å². The number of anilines is 1. The summed E-state index contributed by atoms with van der Waals surface area (Å²) in [5.74, 6) is 0.423. The number of nitrogens with zero attached hydrogens (tertiary/aromatic N) is 2. The number of alkyl halides is 3. The lowest BCUT2D eigenvalue weighted by Crippen LogP contribution is -2.13. The maximum absolute atomic E-state index is 13.4. The molecule has 0 unspecified atom stereocenters. The van der Waals surface area contributed by atoms with E-state index in [4.69, 9.17) is 14.7 Å². The van der Waals surface area contributed by atoms with E-state index in [2.05, 4.69) is 10.4 Å². The standard InChI is InChI=1S/C21H16F3N3O3S.C9H12N2O3S/c1-13-11-16(31(25,28)29)8-9-17(13)27-18(12-20(26-27)21(22,23)24)14-4-6-15(7-5-14)19-3-2-10-30-19;1-6-5-8(15(10,13)14)3-4-9(6)11-7(2)12/h2-12H,1H3,(H2,25,28,29);3-5H,1-2H3,(H,11,12)(H2,10,13,14). The predicted octanol–water partition coefficient (Wildman–Crippen LogP) is 5.37. The Morgan fingerprint density at radius 1 is 0.826 bits per heavy atom. The third-order valence-corrected chi connectivity index (χ3v) is 8.37. The number of primary sulfonamides is 2. The third kappa shape index (κ3) is 8.08. The molecule has 2 heterocycles. The Labute approximate surface area is 262 Å². The highest BCUT2D eigenvalue weighted by Gasteiger charge is 2.35. The number of furan rings is 1. The van der Waals surface area contributed by atoms with Crippen LogP contribution in [-0.4, -0.2) is 32.5 Å². The summed E-state index contributed by atoms with van der Waals surface area (Å²) in [6.45, 7) is 4.65. The number of carbonyl (C=O) groups excluding carboxylic acids is 1. The summed E-state index contributed by atoms with van der Waals surface area (Å²) in [7, 11) is -7.63. The van der Waals surface area contributed by atoms with E-state index in [1.165, 1.54) is 49.6 Å². The van der Waals surface area contributed by atoms with E-state index in [9.17, 15) is 34.8 Å². The average molecular weight is 676 g/mol. The van der Waals surface area contributed by atoms with Crippen LogP contribution in [0.5, 0.6) is 0 Å². The Balaban J connectivity index is 0.000000270. The highest BCUT2D eigenvalue weighted by Crippen LogP contribution is 2.35. The van der Waals surface area contributed by atoms with Crippen molar-refractivity contribution in [3.63, 3.8) is 0 Å². The molecule has 0 radical (unpaired) electrons. The van der Waals surface area contributed by atoms with Gasteiger partial charge < -0.3 is 9.73 Å². The van der Waals surface area contributed by atoms with E-state index in [-0.39, 0.29) is 21.4 Å². The van der Waals surface area contributed by atoms with E-state index in [1.807, 2.05) is 0 Å². The largest absolute Gasteiger partial charge is 0.464 e. The van der Waals surface area contributed by atoms with Crippen molar-refractivity contribution >= 4 is 31.6 Å². The van der Waals surface area contributed by atoms with Crippen molar-refractivity contribution in [2.45, 2.75) is 36.7 Å². The fourth-order valence-corrected chi connectivity index (χ4v) is 5.54. The molecule has 0 saturated heterocycles. The van der Waals surface area contributed by atoms with Gasteiger partial charge in [0.15, 0.2) is 5.69 Å². The number of carbonyl (C=O) groups is 1. The van der Waals surface area contributed by atoms with Crippen LogP contribution in [-0.2, 0) is 31.0 Å². The molecule has 0 saturated carbocycles. The minimum absolute atomic E-state index is 0.0362. The zero-order valence-electron chi connectivity index (χ0n) is 24.5. The summed E-state index contributed by atoms with van der Waals surface area (Å²) in [6, 6.07) is 19.5. The fourth-order valence-electron chi connectivity index (χ4n) is 4.34. The van der Waals surface area contributed by atoms with E-state index in [1.54, 1.807) is 50.2 Å². The maximum Gasteiger partial charge on any atom is 0.435 e. The number of hydrogen-bond acceptors (Lipinski definition) is 7. The molecule has 1 amide bonds. The number of halogens is 3. The number of aromatic nitrogens is 2. The number of rotatable bonds is 6. The quantitative estimate of drug-likeness (QED) is 0.216. The summed E-state index contributed by atoms with van der Waals surface area (Å²) >= 11 is 0. The first-order valence-corrected chi connectivity index (χ1v) is 16.3. The van der Waals surface area contributed by atoms with Gasteiger partial charge in [0.25, 0.3) is 0 Å². The zero-order chi connectivity index (χ0) is 34.0. The smallest absolute Gasteiger partial charge is 0.435 e. The molecule has 0 spiro atoms. The minimum Gasteiger partial charge on any atom is -0.464 e. The van der Waals surface area contributed by atoms with Crippen molar-refractivity contribution in [2.75, 3.05) is 5.32 Å². The van der Waals surface area contributed by atoms with E-state index in [0.29, 0.717) is 33.8 Å². The number of hydrogen-bond donors (Lipinski definition) is 3. The number of sulfonamides is 2. The first-order valence-electron chi connectivity index (χ1n) is 13.2. The average Bonchev–Trinajstić information content (AvgIpc) is 3.64. The van der Waals surface area contributed by atoms with Crippen LogP contribution in [0.25, 0.3) is 28.3 Å². The van der Waals surface area contributed by atoms with Gasteiger partial charge in [0.05, 0.1) is 27.4 Å². The fraction of sp³-hybridized carbons (Fsp3) is 0.133. The molecule has 46 heavy (non-hydrogen) atoms. The van der Waals surface area contributed by atoms with E-state index in [0.717, 1.165) is 16.3 Å². The van der Waals surface area contributed by atoms with Gasteiger partial charge in [0.2, 0.25) is 26.0 Å². The monoisotopic (exact) mass is 675 g/mol. The molecule has 0 bridgehead atoms. The first-order chi connectivity index (χ1) is 21.3. The molecule has 16 heteroatoms. The summed E-state index contributed by atoms with van der Waals surface area (Å²) in [5.41, 5.74) is 2.33. The number of benzene rings is 3. The molecule has 0 aliphatic heterocycles. The molecule has 0 fully saturated rings. The lowest BCUT2D eigenvalue weighted by molar-refractivity contribution is -0.141. The topological polar surface area (TPSA) is 180 Å². The van der Waals surface area contributed by atoms with Crippen LogP contribution in [0.1, 0.15) is 23.7 Å². The van der Waals surface area contributed by atoms with Gasteiger partial charge in [0, 0.05) is 23.7 Å². The SMILES string of the molecule is CC(=O)Nc1ccc(S(N)(=O)=O)cc1C.Cc1cc(S(N)(=O)=O)ccc1-n1nc(C(F)(F)F)cc1-c1ccc(-c2ccco2)cc1. The van der Waals surface area contributed by atoms with Crippen molar-refractivity contribution in [2.24, 2.45) is 10.3 Å². The first kappa shape index (κ1) is 34.1. The van der Waals surface area contributed by atoms with Crippen LogP contribution >= 0.6 is 0 Å². The Hall–Kier alpha value is -4.77. The van der Waals surface area contributed by atoms with Crippen LogP contribution in [0, 0.1) is 13.8 Å². The van der Waals surface area contributed by atoms with Gasteiger partial charge in [-0.2, -0.15) is 18.3 Å². The molecule has 11 nitrogen and oxygen atoms in total. The molecule has 2 aromatic heterocycles. The molecule has 0 aliphatic carbocycles. The van der Waals surface area contributed by atoms with Crippen molar-refractivity contribution in [1.82, 2.24) is 9.78 Å². The summed E-state index contributed by atoms with van der Waals surface area (Å²) < 4.78 is 91.9. The lowest BCUT2D eigenvalue weighted by atomic mass is 10.1. The van der Waals surface area contributed by atoms with Crippen LogP contribution < -0.4 is 15.6 Å². The van der Waals surface area contributed by atoms with E-state index < -0.39 is 31.9 Å². The van der Waals surface area contributed by atoms with Gasteiger partial charge in [-0.05, 0) is 79.6 Å². The molecular weight excluding hydrogens is 647 g/mol. The number of nitrogens with two attached hydrogens (primary N) is 2. The molecule has 5 aromatic rings. The van der Waals surface area contributed by atoms with E-state index >= 15 is 0 Å². The van der Waals surface area contributed by atoms with Gasteiger partial charge in [-0.1, -0.05) is 24.3 Å². The van der Waals surface area contributed by atoms with Crippen molar-refractivity contribution < 1.29 is 39.2 Å². The Morgan fingerprint density at radius 2 is 1.39 bits per heavy atom. The number of nitrogens with one attached hydrogen (secondary N) is 1. The Morgan fingerprint density at radius 3 is 1.87 bits per heavy atom. The normalized spacial score (nSPS) is 11.9. The molecule has 0 atom stereocenters.